The smallest absolute Gasteiger partial charge is 0.478 e. The summed E-state index contributed by atoms with van der Waals surface area (Å²) >= 11 is 0. The van der Waals surface area contributed by atoms with E-state index in [9.17, 15) is 9.59 Å². The van der Waals surface area contributed by atoms with Crippen LogP contribution in [0.5, 0.6) is 0 Å². The van der Waals surface area contributed by atoms with Gasteiger partial charge in [0.25, 0.3) is 0 Å². The summed E-state index contributed by atoms with van der Waals surface area (Å²) in [6.45, 7) is 13.1. The molecule has 4 nitrogen and oxygen atoms in total. The van der Waals surface area contributed by atoms with Gasteiger partial charge in [-0.25, -0.2) is 4.79 Å². The van der Waals surface area contributed by atoms with Crippen LogP contribution in [0.25, 0.3) is 0 Å². The average molecular weight is 643 g/mol. The quantitative estimate of drug-likeness (QED) is 0.325. The first-order chi connectivity index (χ1) is 13.9. The minimum absolute atomic E-state index is 0. The van der Waals surface area contributed by atoms with Gasteiger partial charge in [-0.2, -0.15) is 0 Å². The van der Waals surface area contributed by atoms with Crippen molar-refractivity contribution in [1.29, 1.82) is 0 Å². The maximum Gasteiger partial charge on any atom is 4.00 e. The largest absolute Gasteiger partial charge is 4.00 e. The van der Waals surface area contributed by atoms with Crippen LogP contribution < -0.4 is 5.32 Å². The van der Waals surface area contributed by atoms with Gasteiger partial charge in [0, 0.05) is 18.2 Å². The first kappa shape index (κ1) is 37.8. The second kappa shape index (κ2) is 27.5. The van der Waals surface area contributed by atoms with Crippen LogP contribution in [0.1, 0.15) is 110 Å². The normalized spacial score (nSPS) is 11.3. The Morgan fingerprint density at radius 2 is 1.29 bits per heavy atom. The predicted molar refractivity (Wildman–Crippen MR) is 137 cm³/mol. The SMILES string of the molecule is CCCC.CCCC.CCCC.O=C1C=C(Nc2ccccc2C(=O)O)CCC1.[Sn+4].[Sn+4]. The van der Waals surface area contributed by atoms with Crippen LogP contribution in [0.2, 0.25) is 0 Å². The Balaban J connectivity index is -0.000000219. The molecule has 0 saturated carbocycles. The summed E-state index contributed by atoms with van der Waals surface area (Å²) in [5, 5.41) is 12.0. The molecule has 0 saturated heterocycles. The second-order valence-corrected chi connectivity index (χ2v) is 6.97. The van der Waals surface area contributed by atoms with Crippen molar-refractivity contribution in [2.75, 3.05) is 5.32 Å². The average Bonchev–Trinajstić information content (AvgIpc) is 2.74. The number of nitrogens with one attached hydrogen (secondary N) is 1. The minimum Gasteiger partial charge on any atom is -0.478 e. The molecule has 0 radical (unpaired) electrons. The van der Waals surface area contributed by atoms with Gasteiger partial charge in [0.1, 0.15) is 0 Å². The molecule has 166 valence electrons. The number of rotatable bonds is 6. The molecule has 0 spiro atoms. The molecule has 1 aromatic rings. The molecule has 6 heteroatoms. The van der Waals surface area contributed by atoms with Crippen LogP contribution in [0, 0.1) is 0 Å². The van der Waals surface area contributed by atoms with Crippen molar-refractivity contribution >= 4 is 65.3 Å². The van der Waals surface area contributed by atoms with Crippen molar-refractivity contribution < 1.29 is 14.7 Å². The number of ketones is 1. The van der Waals surface area contributed by atoms with E-state index in [0.717, 1.165) is 18.5 Å². The summed E-state index contributed by atoms with van der Waals surface area (Å²) in [6, 6.07) is 6.67. The molecular formula is C25H43NO3Sn2+8. The van der Waals surface area contributed by atoms with E-state index in [0.29, 0.717) is 12.1 Å². The number of carbonyl (C=O) groups is 2. The van der Waals surface area contributed by atoms with Crippen molar-refractivity contribution in [3.05, 3.63) is 41.6 Å². The molecule has 1 aromatic carbocycles. The molecule has 1 aliphatic carbocycles. The first-order valence-corrected chi connectivity index (χ1v) is 11.2. The van der Waals surface area contributed by atoms with Gasteiger partial charge in [-0.3, -0.25) is 4.79 Å². The zero-order chi connectivity index (χ0) is 22.5. The topological polar surface area (TPSA) is 66.4 Å². The summed E-state index contributed by atoms with van der Waals surface area (Å²) in [5.74, 6) is -0.887. The maximum atomic E-state index is 11.2. The van der Waals surface area contributed by atoms with Gasteiger partial charge in [0.05, 0.1) is 11.3 Å². The summed E-state index contributed by atoms with van der Waals surface area (Å²) in [6.07, 6.45) is 11.6. The van der Waals surface area contributed by atoms with Crippen molar-refractivity contribution in [1.82, 2.24) is 0 Å². The van der Waals surface area contributed by atoms with E-state index in [1.807, 2.05) is 0 Å². The molecule has 0 amide bonds. The Bertz CT molecular complexity index is 574. The number of para-hydroxylation sites is 1. The van der Waals surface area contributed by atoms with E-state index >= 15 is 0 Å². The first-order valence-electron chi connectivity index (χ1n) is 11.2. The fraction of sp³-hybridized carbons (Fsp3) is 0.600. The second-order valence-electron chi connectivity index (χ2n) is 6.97. The Kier molecular flexibility index (Phi) is 33.6. The van der Waals surface area contributed by atoms with Crippen molar-refractivity contribution in [3.63, 3.8) is 0 Å². The number of hydrogen-bond donors (Lipinski definition) is 2. The number of allylic oxidation sites excluding steroid dienone is 2. The van der Waals surface area contributed by atoms with Gasteiger partial charge in [0.15, 0.2) is 5.78 Å². The summed E-state index contributed by atoms with van der Waals surface area (Å²) in [7, 11) is 0. The van der Waals surface area contributed by atoms with Crippen LogP contribution >= 0.6 is 0 Å². The third kappa shape index (κ3) is 22.5. The van der Waals surface area contributed by atoms with Crippen molar-refractivity contribution in [2.45, 2.75) is 99.3 Å². The third-order valence-electron chi connectivity index (χ3n) is 4.16. The molecule has 0 fully saturated rings. The van der Waals surface area contributed by atoms with Gasteiger partial charge < -0.3 is 10.4 Å². The number of unbranched alkanes of at least 4 members (excludes halogenated alkanes) is 3. The standard InChI is InChI=1S/C13H13NO3.3C4H10.2Sn/c15-10-5-3-4-9(8-10)14-12-7-2-1-6-11(12)13(16)17;3*1-3-4-2;;/h1-2,6-8,14H,3-5H2,(H,16,17);3*3-4H2,1-2H3;;/q;;;;2*+4. The van der Waals surface area contributed by atoms with Crippen molar-refractivity contribution in [3.8, 4) is 0 Å². The molecule has 0 atom stereocenters. The van der Waals surface area contributed by atoms with E-state index in [-0.39, 0.29) is 59.2 Å². The molecule has 0 heterocycles. The molecule has 0 aliphatic heterocycles. The summed E-state index contributed by atoms with van der Waals surface area (Å²) in [5.41, 5.74) is 1.53. The molecular weight excluding hydrogens is 600 g/mol. The number of carbonyl (C=O) groups excluding carboxylic acids is 1. The van der Waals surface area contributed by atoms with Crippen molar-refractivity contribution in [2.24, 2.45) is 0 Å². The fourth-order valence-corrected chi connectivity index (χ4v) is 1.84. The van der Waals surface area contributed by atoms with Gasteiger partial charge in [-0.15, -0.1) is 0 Å². The van der Waals surface area contributed by atoms with E-state index in [1.54, 1.807) is 24.3 Å². The van der Waals surface area contributed by atoms with Crippen LogP contribution in [-0.4, -0.2) is 64.7 Å². The van der Waals surface area contributed by atoms with Gasteiger partial charge in [-0.1, -0.05) is 92.2 Å². The number of benzene rings is 1. The van der Waals surface area contributed by atoms with Gasteiger partial charge in [0.2, 0.25) is 0 Å². The Morgan fingerprint density at radius 1 is 0.839 bits per heavy atom. The van der Waals surface area contributed by atoms with Crippen LogP contribution in [0.3, 0.4) is 0 Å². The maximum absolute atomic E-state index is 11.2. The Morgan fingerprint density at radius 3 is 1.68 bits per heavy atom. The summed E-state index contributed by atoms with van der Waals surface area (Å²) < 4.78 is 0. The summed E-state index contributed by atoms with van der Waals surface area (Å²) in [4.78, 5) is 22.3. The van der Waals surface area contributed by atoms with Gasteiger partial charge >= 0.3 is 53.8 Å². The van der Waals surface area contributed by atoms with E-state index in [2.05, 4.69) is 46.9 Å². The Hall–Kier alpha value is -0.503. The number of carboxylic acid groups (broad SMARTS) is 1. The molecule has 2 N–H and O–H groups in total. The van der Waals surface area contributed by atoms with Gasteiger partial charge in [-0.05, 0) is 25.0 Å². The number of aromatic carboxylic acids is 1. The van der Waals surface area contributed by atoms with E-state index < -0.39 is 5.97 Å². The number of anilines is 1. The zero-order valence-corrected chi connectivity index (χ0v) is 26.2. The third-order valence-corrected chi connectivity index (χ3v) is 4.16. The Labute approximate surface area is 225 Å². The van der Waals surface area contributed by atoms with Crippen LogP contribution in [0.4, 0.5) is 5.69 Å². The molecule has 0 unspecified atom stereocenters. The number of hydrogen-bond acceptors (Lipinski definition) is 3. The predicted octanol–water partition coefficient (Wildman–Crippen LogP) is 7.09. The molecule has 0 aromatic heterocycles. The molecule has 2 rings (SSSR count). The number of carboxylic acids is 1. The van der Waals surface area contributed by atoms with Crippen LogP contribution in [-0.2, 0) is 4.79 Å². The minimum atomic E-state index is -0.976. The molecule has 1 aliphatic rings. The van der Waals surface area contributed by atoms with E-state index in [1.165, 1.54) is 44.6 Å². The van der Waals surface area contributed by atoms with E-state index in [4.69, 9.17) is 5.11 Å². The van der Waals surface area contributed by atoms with Crippen LogP contribution in [0.15, 0.2) is 36.0 Å². The molecule has 0 bridgehead atoms. The monoisotopic (exact) mass is 645 g/mol. The molecule has 31 heavy (non-hydrogen) atoms. The fourth-order valence-electron chi connectivity index (χ4n) is 1.84. The zero-order valence-electron chi connectivity index (χ0n) is 20.5.